The Hall–Kier alpha value is -3.23. The normalized spacial score (nSPS) is 14.6. The van der Waals surface area contributed by atoms with Crippen molar-refractivity contribution in [2.24, 2.45) is 0 Å². The molecule has 2 N–H and O–H groups in total. The van der Waals surface area contributed by atoms with Gasteiger partial charge < -0.3 is 10.1 Å². The number of amides is 1. The first kappa shape index (κ1) is 21.0. The van der Waals surface area contributed by atoms with Gasteiger partial charge in [-0.1, -0.05) is 30.3 Å². The van der Waals surface area contributed by atoms with Crippen LogP contribution in [-0.2, 0) is 20.2 Å². The van der Waals surface area contributed by atoms with E-state index in [4.69, 9.17) is 4.74 Å². The molecule has 1 aromatic heterocycles. The van der Waals surface area contributed by atoms with Gasteiger partial charge in [-0.2, -0.15) is 0 Å². The zero-order valence-corrected chi connectivity index (χ0v) is 18.1. The number of benzene rings is 2. The highest BCUT2D eigenvalue weighted by atomic mass is 32.2. The van der Waals surface area contributed by atoms with Crippen LogP contribution >= 0.6 is 0 Å². The first-order valence-corrected chi connectivity index (χ1v) is 11.3. The standard InChI is InChI=1S/C23H23N3O4S/c1-24-31(28,29)19-12-6-16(7-13-19)20-4-3-5-21(25-20)26-22(27)23(14-15-23)17-8-10-18(30-2)11-9-17/h3-13,24H,14-15H2,1-2H3,(H,25,26,27). The van der Waals surface area contributed by atoms with Crippen molar-refractivity contribution in [3.8, 4) is 17.0 Å². The summed E-state index contributed by atoms with van der Waals surface area (Å²) in [6, 6.07) is 19.4. The largest absolute Gasteiger partial charge is 0.497 e. The second-order valence-corrected chi connectivity index (χ2v) is 9.29. The summed E-state index contributed by atoms with van der Waals surface area (Å²) in [6.45, 7) is 0. The van der Waals surface area contributed by atoms with Gasteiger partial charge in [-0.25, -0.2) is 18.1 Å². The number of rotatable bonds is 7. The first-order chi connectivity index (χ1) is 14.9. The minimum atomic E-state index is -3.50. The molecule has 31 heavy (non-hydrogen) atoms. The molecule has 0 aliphatic heterocycles. The highest BCUT2D eigenvalue weighted by Crippen LogP contribution is 2.49. The van der Waals surface area contributed by atoms with E-state index in [0.29, 0.717) is 11.5 Å². The number of aromatic nitrogens is 1. The van der Waals surface area contributed by atoms with Crippen molar-refractivity contribution in [1.82, 2.24) is 9.71 Å². The summed E-state index contributed by atoms with van der Waals surface area (Å²) >= 11 is 0. The number of hydrogen-bond donors (Lipinski definition) is 2. The molecule has 3 aromatic rings. The fourth-order valence-corrected chi connectivity index (χ4v) is 4.24. The van der Waals surface area contributed by atoms with E-state index in [2.05, 4.69) is 15.0 Å². The SMILES string of the molecule is CNS(=O)(=O)c1ccc(-c2cccc(NC(=O)C3(c4ccc(OC)cc4)CC3)n2)cc1. The van der Waals surface area contributed by atoms with Crippen LogP contribution in [-0.4, -0.2) is 33.5 Å². The predicted octanol–water partition coefficient (Wildman–Crippen LogP) is 3.34. The summed E-state index contributed by atoms with van der Waals surface area (Å²) in [4.78, 5) is 17.8. The predicted molar refractivity (Wildman–Crippen MR) is 118 cm³/mol. The lowest BCUT2D eigenvalue weighted by Crippen LogP contribution is -2.28. The fourth-order valence-electron chi connectivity index (χ4n) is 3.51. The third-order valence-electron chi connectivity index (χ3n) is 5.55. The first-order valence-electron chi connectivity index (χ1n) is 9.85. The van der Waals surface area contributed by atoms with Crippen molar-refractivity contribution < 1.29 is 17.9 Å². The second-order valence-electron chi connectivity index (χ2n) is 7.40. The highest BCUT2D eigenvalue weighted by molar-refractivity contribution is 7.89. The Bertz CT molecular complexity index is 1200. The molecule has 0 bridgehead atoms. The van der Waals surface area contributed by atoms with Crippen LogP contribution in [0.4, 0.5) is 5.82 Å². The van der Waals surface area contributed by atoms with E-state index < -0.39 is 15.4 Å². The van der Waals surface area contributed by atoms with E-state index in [1.54, 1.807) is 25.3 Å². The van der Waals surface area contributed by atoms with Crippen LogP contribution in [0, 0.1) is 0 Å². The molecule has 7 nitrogen and oxygen atoms in total. The Morgan fingerprint density at radius 1 is 1.00 bits per heavy atom. The maximum atomic E-state index is 13.0. The lowest BCUT2D eigenvalue weighted by atomic mass is 9.95. The number of carbonyl (C=O) groups is 1. The zero-order chi connectivity index (χ0) is 22.1. The molecule has 1 aliphatic rings. The molecular weight excluding hydrogens is 414 g/mol. The number of ether oxygens (including phenoxy) is 1. The molecule has 8 heteroatoms. The van der Waals surface area contributed by atoms with Crippen molar-refractivity contribution in [1.29, 1.82) is 0 Å². The maximum Gasteiger partial charge on any atom is 0.240 e. The van der Waals surface area contributed by atoms with E-state index in [0.717, 1.165) is 29.7 Å². The molecule has 1 saturated carbocycles. The Kier molecular flexibility index (Phi) is 5.51. The van der Waals surface area contributed by atoms with Gasteiger partial charge in [0.1, 0.15) is 11.6 Å². The molecule has 160 valence electrons. The Labute approximate surface area is 181 Å². The van der Waals surface area contributed by atoms with Crippen molar-refractivity contribution in [3.63, 3.8) is 0 Å². The monoisotopic (exact) mass is 437 g/mol. The third-order valence-corrected chi connectivity index (χ3v) is 6.98. The quantitative estimate of drug-likeness (QED) is 0.591. The summed E-state index contributed by atoms with van der Waals surface area (Å²) in [6.07, 6.45) is 1.57. The Morgan fingerprint density at radius 3 is 2.26 bits per heavy atom. The van der Waals surface area contributed by atoms with Gasteiger partial charge in [-0.15, -0.1) is 0 Å². The average Bonchev–Trinajstić information content (AvgIpc) is 3.62. The minimum Gasteiger partial charge on any atom is -0.497 e. The Balaban J connectivity index is 1.53. The number of nitrogens with one attached hydrogen (secondary N) is 2. The fraction of sp³-hybridized carbons (Fsp3) is 0.217. The smallest absolute Gasteiger partial charge is 0.240 e. The molecule has 1 aliphatic carbocycles. The van der Waals surface area contributed by atoms with Crippen molar-refractivity contribution in [2.45, 2.75) is 23.2 Å². The van der Waals surface area contributed by atoms with Gasteiger partial charge in [0, 0.05) is 5.56 Å². The summed E-state index contributed by atoms with van der Waals surface area (Å²) < 4.78 is 31.3. The molecule has 0 unspecified atom stereocenters. The van der Waals surface area contributed by atoms with E-state index in [9.17, 15) is 13.2 Å². The molecule has 2 aromatic carbocycles. The number of anilines is 1. The van der Waals surface area contributed by atoms with E-state index in [1.807, 2.05) is 36.4 Å². The highest BCUT2D eigenvalue weighted by Gasteiger charge is 2.51. The number of carbonyl (C=O) groups excluding carboxylic acids is 1. The topological polar surface area (TPSA) is 97.4 Å². The zero-order valence-electron chi connectivity index (χ0n) is 17.3. The number of hydrogen-bond acceptors (Lipinski definition) is 5. The van der Waals surface area contributed by atoms with Crippen LogP contribution in [0.25, 0.3) is 11.3 Å². The number of pyridine rings is 1. The molecule has 0 saturated heterocycles. The van der Waals surface area contributed by atoms with Crippen LogP contribution in [0.5, 0.6) is 5.75 Å². The summed E-state index contributed by atoms with van der Waals surface area (Å²) in [5, 5.41) is 2.94. The molecule has 4 rings (SSSR count). The molecule has 1 amide bonds. The van der Waals surface area contributed by atoms with Gasteiger partial charge >= 0.3 is 0 Å². The molecule has 1 fully saturated rings. The third kappa shape index (κ3) is 4.17. The van der Waals surface area contributed by atoms with Gasteiger partial charge in [0.15, 0.2) is 0 Å². The van der Waals surface area contributed by atoms with Gasteiger partial charge in [0.2, 0.25) is 15.9 Å². The van der Waals surface area contributed by atoms with E-state index in [-0.39, 0.29) is 10.8 Å². The number of sulfonamides is 1. The van der Waals surface area contributed by atoms with Crippen LogP contribution in [0.15, 0.2) is 71.6 Å². The molecule has 0 spiro atoms. The van der Waals surface area contributed by atoms with Crippen LogP contribution in [0.1, 0.15) is 18.4 Å². The summed E-state index contributed by atoms with van der Waals surface area (Å²) in [7, 11) is -0.515. The number of nitrogens with zero attached hydrogens (tertiary/aromatic N) is 1. The summed E-state index contributed by atoms with van der Waals surface area (Å²) in [5.41, 5.74) is 1.82. The van der Waals surface area contributed by atoms with Crippen molar-refractivity contribution >= 4 is 21.7 Å². The van der Waals surface area contributed by atoms with Crippen LogP contribution in [0.2, 0.25) is 0 Å². The van der Waals surface area contributed by atoms with Crippen LogP contribution in [0.3, 0.4) is 0 Å². The van der Waals surface area contributed by atoms with E-state index in [1.165, 1.54) is 19.2 Å². The van der Waals surface area contributed by atoms with Crippen LogP contribution < -0.4 is 14.8 Å². The molecular formula is C23H23N3O4S. The second kappa shape index (κ2) is 8.13. The Morgan fingerprint density at radius 2 is 1.68 bits per heavy atom. The minimum absolute atomic E-state index is 0.0854. The maximum absolute atomic E-state index is 13.0. The van der Waals surface area contributed by atoms with Crippen molar-refractivity contribution in [3.05, 3.63) is 72.3 Å². The van der Waals surface area contributed by atoms with Gasteiger partial charge in [0.05, 0.1) is 23.1 Å². The molecule has 1 heterocycles. The average molecular weight is 438 g/mol. The van der Waals surface area contributed by atoms with E-state index >= 15 is 0 Å². The lowest BCUT2D eigenvalue weighted by molar-refractivity contribution is -0.118. The number of methoxy groups -OCH3 is 1. The molecule has 0 atom stereocenters. The summed E-state index contributed by atoms with van der Waals surface area (Å²) in [5.74, 6) is 1.12. The molecule has 0 radical (unpaired) electrons. The van der Waals surface area contributed by atoms with Gasteiger partial charge in [-0.3, -0.25) is 4.79 Å². The lowest BCUT2D eigenvalue weighted by Gasteiger charge is -2.16. The van der Waals surface area contributed by atoms with Crippen molar-refractivity contribution in [2.75, 3.05) is 19.5 Å². The van der Waals surface area contributed by atoms with Gasteiger partial charge in [0.25, 0.3) is 0 Å². The van der Waals surface area contributed by atoms with Gasteiger partial charge in [-0.05, 0) is 61.9 Å².